The number of hydrogen-bond acceptors (Lipinski definition) is 3. The Kier molecular flexibility index (Phi) is 6.35. The van der Waals surface area contributed by atoms with Gasteiger partial charge in [0.2, 0.25) is 5.82 Å². The van der Waals surface area contributed by atoms with E-state index >= 15 is 0 Å². The second kappa shape index (κ2) is 8.66. The first-order chi connectivity index (χ1) is 14.5. The van der Waals surface area contributed by atoms with E-state index in [0.29, 0.717) is 0 Å². The van der Waals surface area contributed by atoms with Crippen LogP contribution in [0, 0.1) is 29.1 Å². The van der Waals surface area contributed by atoms with Crippen molar-refractivity contribution in [3.63, 3.8) is 0 Å². The molecular formula is C20H18F5N3O2S. The zero-order valence-corrected chi connectivity index (χ0v) is 17.3. The summed E-state index contributed by atoms with van der Waals surface area (Å²) in [6.07, 6.45) is 2.03. The van der Waals surface area contributed by atoms with Crippen LogP contribution in [0.4, 0.5) is 27.8 Å². The molecule has 0 amide bonds. The van der Waals surface area contributed by atoms with Crippen molar-refractivity contribution in [2.45, 2.75) is 37.6 Å². The summed E-state index contributed by atoms with van der Waals surface area (Å²) in [7, 11) is -4.00. The van der Waals surface area contributed by atoms with Gasteiger partial charge in [-0.15, -0.1) is 0 Å². The number of nitrogens with one attached hydrogen (secondary N) is 1. The molecule has 0 unspecified atom stereocenters. The van der Waals surface area contributed by atoms with Crippen LogP contribution in [0.1, 0.15) is 37.3 Å². The largest absolute Gasteiger partial charge is 0.266 e. The molecule has 3 aromatic rings. The van der Waals surface area contributed by atoms with Gasteiger partial charge >= 0.3 is 0 Å². The minimum absolute atomic E-state index is 0.0196. The van der Waals surface area contributed by atoms with Crippen molar-refractivity contribution in [1.82, 2.24) is 9.78 Å². The van der Waals surface area contributed by atoms with Gasteiger partial charge in [0.25, 0.3) is 10.0 Å². The lowest BCUT2D eigenvalue weighted by Gasteiger charge is -2.10. The average molecular weight is 459 g/mol. The highest BCUT2D eigenvalue weighted by atomic mass is 32.2. The highest BCUT2D eigenvalue weighted by Gasteiger charge is 2.26. The van der Waals surface area contributed by atoms with E-state index in [9.17, 15) is 30.4 Å². The number of rotatable bonds is 7. The van der Waals surface area contributed by atoms with E-state index in [1.165, 1.54) is 18.2 Å². The van der Waals surface area contributed by atoms with Gasteiger partial charge in [0.05, 0.1) is 17.0 Å². The molecule has 0 spiro atoms. The smallest absolute Gasteiger partial charge is 0.263 e. The fraction of sp³-hybridized carbons (Fsp3) is 0.250. The molecule has 31 heavy (non-hydrogen) atoms. The maximum Gasteiger partial charge on any atom is 0.263 e. The van der Waals surface area contributed by atoms with Gasteiger partial charge in [0, 0.05) is 12.3 Å². The van der Waals surface area contributed by atoms with E-state index in [2.05, 4.69) is 9.82 Å². The minimum Gasteiger partial charge on any atom is -0.266 e. The highest BCUT2D eigenvalue weighted by Crippen LogP contribution is 2.25. The Morgan fingerprint density at radius 2 is 1.48 bits per heavy atom. The molecule has 0 bridgehead atoms. The summed E-state index contributed by atoms with van der Waals surface area (Å²) in [5, 5.41) is 3.79. The van der Waals surface area contributed by atoms with Gasteiger partial charge < -0.3 is 0 Å². The molecular weight excluding hydrogens is 441 g/mol. The summed E-state index contributed by atoms with van der Waals surface area (Å²) in [4.78, 5) is -0.0196. The molecule has 3 rings (SSSR count). The number of hydrogen-bond donors (Lipinski definition) is 1. The maximum absolute atomic E-state index is 13.8. The molecule has 0 aliphatic heterocycles. The van der Waals surface area contributed by atoms with Crippen LogP contribution in [-0.2, 0) is 16.6 Å². The maximum atomic E-state index is 13.8. The van der Waals surface area contributed by atoms with Crippen LogP contribution < -0.4 is 4.72 Å². The summed E-state index contributed by atoms with van der Waals surface area (Å²) < 4.78 is 95.6. The predicted molar refractivity (Wildman–Crippen MR) is 104 cm³/mol. The number of nitrogens with zero attached hydrogens (tertiary/aromatic N) is 2. The molecule has 0 saturated carbocycles. The van der Waals surface area contributed by atoms with Crippen LogP contribution in [0.5, 0.6) is 0 Å². The number of benzene rings is 2. The van der Waals surface area contributed by atoms with Crippen LogP contribution >= 0.6 is 0 Å². The van der Waals surface area contributed by atoms with Gasteiger partial charge in [-0.3, -0.25) is 9.40 Å². The zero-order chi connectivity index (χ0) is 22.9. The SMILES string of the molecule is CC[C@@H](C)c1ccc(S(=O)(=O)Nc2ccn(Cc3c(F)c(F)c(F)c(F)c3F)n2)cc1. The molecule has 2 aromatic carbocycles. The third kappa shape index (κ3) is 4.55. The summed E-state index contributed by atoms with van der Waals surface area (Å²) in [5.74, 6) is -10.3. The van der Waals surface area contributed by atoms with Gasteiger partial charge in [-0.2, -0.15) is 5.10 Å². The van der Waals surface area contributed by atoms with E-state index in [1.807, 2.05) is 13.8 Å². The summed E-state index contributed by atoms with van der Waals surface area (Å²) >= 11 is 0. The van der Waals surface area contributed by atoms with Crippen LogP contribution in [-0.4, -0.2) is 18.2 Å². The van der Waals surface area contributed by atoms with Crippen LogP contribution in [0.15, 0.2) is 41.4 Å². The van der Waals surface area contributed by atoms with Crippen molar-refractivity contribution < 1.29 is 30.4 Å². The van der Waals surface area contributed by atoms with Crippen molar-refractivity contribution in [2.75, 3.05) is 4.72 Å². The predicted octanol–water partition coefficient (Wildman–Crippen LogP) is 4.94. The fourth-order valence-corrected chi connectivity index (χ4v) is 3.86. The van der Waals surface area contributed by atoms with Crippen molar-refractivity contribution in [2.24, 2.45) is 0 Å². The van der Waals surface area contributed by atoms with Gasteiger partial charge in [-0.1, -0.05) is 26.0 Å². The van der Waals surface area contributed by atoms with E-state index < -0.39 is 51.2 Å². The first-order valence-corrected chi connectivity index (χ1v) is 10.7. The molecule has 0 saturated heterocycles. The van der Waals surface area contributed by atoms with Crippen LogP contribution in [0.25, 0.3) is 0 Å². The molecule has 5 nitrogen and oxygen atoms in total. The lowest BCUT2D eigenvalue weighted by Crippen LogP contribution is -2.15. The number of sulfonamides is 1. The van der Waals surface area contributed by atoms with E-state index in [1.54, 1.807) is 12.1 Å². The summed E-state index contributed by atoms with van der Waals surface area (Å²) in [5.41, 5.74) is -0.108. The Morgan fingerprint density at radius 1 is 0.935 bits per heavy atom. The lowest BCUT2D eigenvalue weighted by molar-refractivity contribution is 0.367. The lowest BCUT2D eigenvalue weighted by atomic mass is 9.99. The average Bonchev–Trinajstić information content (AvgIpc) is 3.19. The number of aromatic nitrogens is 2. The minimum atomic E-state index is -4.00. The third-order valence-electron chi connectivity index (χ3n) is 4.87. The van der Waals surface area contributed by atoms with Crippen LogP contribution in [0.2, 0.25) is 0 Å². The third-order valence-corrected chi connectivity index (χ3v) is 6.24. The molecule has 1 aromatic heterocycles. The van der Waals surface area contributed by atoms with E-state index in [4.69, 9.17) is 0 Å². The Labute approximate surface area is 175 Å². The summed E-state index contributed by atoms with van der Waals surface area (Å²) in [6, 6.07) is 7.47. The normalized spacial score (nSPS) is 12.7. The van der Waals surface area contributed by atoms with Crippen molar-refractivity contribution in [3.8, 4) is 0 Å². The van der Waals surface area contributed by atoms with Gasteiger partial charge in [-0.25, -0.2) is 30.4 Å². The second-order valence-electron chi connectivity index (χ2n) is 6.93. The van der Waals surface area contributed by atoms with Gasteiger partial charge in [-0.05, 0) is 30.0 Å². The topological polar surface area (TPSA) is 64.0 Å². The molecule has 0 fully saturated rings. The van der Waals surface area contributed by atoms with E-state index in [0.717, 1.165) is 22.9 Å². The Bertz CT molecular complexity index is 1180. The number of halogens is 5. The van der Waals surface area contributed by atoms with Crippen molar-refractivity contribution >= 4 is 15.8 Å². The molecule has 11 heteroatoms. The van der Waals surface area contributed by atoms with Gasteiger partial charge in [0.15, 0.2) is 29.1 Å². The zero-order valence-electron chi connectivity index (χ0n) is 16.5. The molecule has 0 aliphatic rings. The molecule has 1 N–H and O–H groups in total. The first-order valence-electron chi connectivity index (χ1n) is 9.21. The monoisotopic (exact) mass is 459 g/mol. The standard InChI is InChI=1S/C20H18F5N3O2S/c1-3-11(2)12-4-6-13(7-5-12)31(29,30)27-15-8-9-28(26-15)10-14-16(21)18(23)20(25)19(24)17(14)22/h4-9,11H,3,10H2,1-2H3,(H,26,27)/t11-/m1/s1. The quantitative estimate of drug-likeness (QED) is 0.309. The first kappa shape index (κ1) is 22.7. The highest BCUT2D eigenvalue weighted by molar-refractivity contribution is 7.92. The van der Waals surface area contributed by atoms with E-state index in [-0.39, 0.29) is 16.6 Å². The Morgan fingerprint density at radius 3 is 2.03 bits per heavy atom. The number of anilines is 1. The Hall–Kier alpha value is -2.95. The summed E-state index contributed by atoms with van der Waals surface area (Å²) in [6.45, 7) is 3.23. The van der Waals surface area contributed by atoms with Crippen molar-refractivity contribution in [3.05, 3.63) is 76.7 Å². The molecule has 166 valence electrons. The molecule has 0 radical (unpaired) electrons. The molecule has 1 atom stereocenters. The molecule has 0 aliphatic carbocycles. The molecule has 1 heterocycles. The fourth-order valence-electron chi connectivity index (χ4n) is 2.86. The van der Waals surface area contributed by atoms with Crippen molar-refractivity contribution in [1.29, 1.82) is 0 Å². The second-order valence-corrected chi connectivity index (χ2v) is 8.61. The van der Waals surface area contributed by atoms with Crippen LogP contribution in [0.3, 0.4) is 0 Å². The Balaban J connectivity index is 1.80. The van der Waals surface area contributed by atoms with Gasteiger partial charge in [0.1, 0.15) is 0 Å².